The molecule has 0 N–H and O–H groups in total. The summed E-state index contributed by atoms with van der Waals surface area (Å²) in [5.74, 6) is 4.77. The predicted octanol–water partition coefficient (Wildman–Crippen LogP) is 1.96. The third kappa shape index (κ3) is 3.66. The van der Waals surface area contributed by atoms with Gasteiger partial charge in [-0.2, -0.15) is 0 Å². The van der Waals surface area contributed by atoms with E-state index in [1.54, 1.807) is 0 Å². The van der Waals surface area contributed by atoms with Crippen molar-refractivity contribution in [3.05, 3.63) is 48.1 Å². The molecule has 0 saturated carbocycles. The van der Waals surface area contributed by atoms with Crippen molar-refractivity contribution in [1.29, 1.82) is 0 Å². The van der Waals surface area contributed by atoms with Crippen LogP contribution in [0, 0.1) is 6.92 Å². The van der Waals surface area contributed by atoms with Crippen molar-refractivity contribution in [2.75, 3.05) is 13.1 Å². The number of piperidine rings is 1. The van der Waals surface area contributed by atoms with Crippen LogP contribution < -0.4 is 0 Å². The molecular weight excluding hydrogens is 340 g/mol. The van der Waals surface area contributed by atoms with E-state index in [1.165, 1.54) is 0 Å². The van der Waals surface area contributed by atoms with Crippen LogP contribution in [0.25, 0.3) is 0 Å². The fourth-order valence-corrected chi connectivity index (χ4v) is 3.93. The summed E-state index contributed by atoms with van der Waals surface area (Å²) in [7, 11) is 2.06. The van der Waals surface area contributed by atoms with E-state index in [0.29, 0.717) is 5.92 Å². The lowest BCUT2D eigenvalue weighted by molar-refractivity contribution is 0.194. The average molecular weight is 368 g/mol. The quantitative estimate of drug-likeness (QED) is 0.665. The van der Waals surface area contributed by atoms with Gasteiger partial charge in [0, 0.05) is 44.3 Å². The number of aryl methyl sites for hydroxylation is 2. The Bertz CT molecular complexity index is 881. The third-order valence-corrected chi connectivity index (χ3v) is 5.65. The van der Waals surface area contributed by atoms with E-state index in [1.807, 2.05) is 31.7 Å². The van der Waals surface area contributed by atoms with Crippen LogP contribution in [-0.2, 0) is 26.7 Å². The molecule has 0 amide bonds. The summed E-state index contributed by atoms with van der Waals surface area (Å²) in [5, 5.41) is 9.09. The highest BCUT2D eigenvalue weighted by molar-refractivity contribution is 5.06. The summed E-state index contributed by atoms with van der Waals surface area (Å²) in [6, 6.07) is 0. The number of aromatic nitrogens is 7. The second kappa shape index (κ2) is 7.64. The zero-order valence-electron chi connectivity index (χ0n) is 16.4. The smallest absolute Gasteiger partial charge is 0.153 e. The molecule has 1 aliphatic rings. The number of hydrogen-bond donors (Lipinski definition) is 0. The molecule has 0 aliphatic carbocycles. The predicted molar refractivity (Wildman–Crippen MR) is 102 cm³/mol. The Hall–Kier alpha value is -2.48. The van der Waals surface area contributed by atoms with Crippen LogP contribution in [0.4, 0.5) is 0 Å². The first-order valence-electron chi connectivity index (χ1n) is 9.74. The highest BCUT2D eigenvalue weighted by atomic mass is 15.3. The number of hydrogen-bond acceptors (Lipinski definition) is 5. The van der Waals surface area contributed by atoms with Crippen LogP contribution in [-0.4, -0.2) is 51.9 Å². The molecule has 0 bridgehead atoms. The fourth-order valence-electron chi connectivity index (χ4n) is 3.93. The van der Waals surface area contributed by atoms with Gasteiger partial charge in [-0.15, -0.1) is 10.2 Å². The van der Waals surface area contributed by atoms with Gasteiger partial charge in [-0.1, -0.05) is 0 Å². The van der Waals surface area contributed by atoms with E-state index >= 15 is 0 Å². The minimum absolute atomic E-state index is 0.479. The van der Waals surface area contributed by atoms with E-state index in [-0.39, 0.29) is 0 Å². The average Bonchev–Trinajstić information content (AvgIpc) is 3.38. The van der Waals surface area contributed by atoms with Crippen LogP contribution in [0.2, 0.25) is 0 Å². The topological polar surface area (TPSA) is 69.6 Å². The maximum Gasteiger partial charge on any atom is 0.153 e. The maximum absolute atomic E-state index is 4.58. The van der Waals surface area contributed by atoms with Gasteiger partial charge in [0.15, 0.2) is 5.82 Å². The highest BCUT2D eigenvalue weighted by Gasteiger charge is 2.26. The second-order valence-electron chi connectivity index (χ2n) is 7.33. The Labute approximate surface area is 159 Å². The van der Waals surface area contributed by atoms with Crippen LogP contribution in [0.5, 0.6) is 0 Å². The largest absolute Gasteiger partial charge is 0.337 e. The van der Waals surface area contributed by atoms with Gasteiger partial charge < -0.3 is 13.7 Å². The van der Waals surface area contributed by atoms with Crippen molar-refractivity contribution in [2.24, 2.45) is 7.05 Å². The first kappa shape index (κ1) is 17.9. The van der Waals surface area contributed by atoms with E-state index in [0.717, 1.165) is 68.9 Å². The minimum atomic E-state index is 0.479. The molecule has 1 saturated heterocycles. The Balaban J connectivity index is 1.42. The van der Waals surface area contributed by atoms with Gasteiger partial charge in [0.2, 0.25) is 0 Å². The van der Waals surface area contributed by atoms with Crippen molar-refractivity contribution in [2.45, 2.75) is 52.2 Å². The summed E-state index contributed by atoms with van der Waals surface area (Å²) in [6.07, 6.45) is 9.95. The van der Waals surface area contributed by atoms with Gasteiger partial charge in [0.05, 0.1) is 13.1 Å². The molecule has 1 fully saturated rings. The molecule has 8 nitrogen and oxygen atoms in total. The lowest BCUT2D eigenvalue weighted by Gasteiger charge is -2.31. The maximum atomic E-state index is 4.58. The molecule has 0 atom stereocenters. The SMILES string of the molecule is CCn1c(Cn2ccnc2C)nnc1C1CCN(Cc2nccn2C)CC1. The van der Waals surface area contributed by atoms with Crippen LogP contribution in [0.3, 0.4) is 0 Å². The van der Waals surface area contributed by atoms with Crippen molar-refractivity contribution in [1.82, 2.24) is 38.8 Å². The van der Waals surface area contributed by atoms with Gasteiger partial charge in [-0.3, -0.25) is 4.90 Å². The number of likely N-dealkylation sites (tertiary alicyclic amines) is 1. The zero-order valence-corrected chi connectivity index (χ0v) is 16.4. The van der Waals surface area contributed by atoms with Crippen molar-refractivity contribution in [3.63, 3.8) is 0 Å². The van der Waals surface area contributed by atoms with Crippen LogP contribution in [0.1, 0.15) is 49.0 Å². The number of rotatable bonds is 6. The highest BCUT2D eigenvalue weighted by Crippen LogP contribution is 2.28. The number of imidazole rings is 2. The molecular formula is C19H28N8. The Morgan fingerprint density at radius 2 is 1.78 bits per heavy atom. The van der Waals surface area contributed by atoms with Gasteiger partial charge in [-0.05, 0) is 39.8 Å². The van der Waals surface area contributed by atoms with Crippen LogP contribution >= 0.6 is 0 Å². The normalized spacial score (nSPS) is 16.3. The van der Waals surface area contributed by atoms with E-state index < -0.39 is 0 Å². The van der Waals surface area contributed by atoms with E-state index in [2.05, 4.69) is 52.7 Å². The Morgan fingerprint density at radius 3 is 2.41 bits per heavy atom. The van der Waals surface area contributed by atoms with E-state index in [9.17, 15) is 0 Å². The lowest BCUT2D eigenvalue weighted by Crippen LogP contribution is -2.34. The molecule has 27 heavy (non-hydrogen) atoms. The first-order valence-corrected chi connectivity index (χ1v) is 9.74. The second-order valence-corrected chi connectivity index (χ2v) is 7.33. The van der Waals surface area contributed by atoms with Gasteiger partial charge >= 0.3 is 0 Å². The summed E-state index contributed by atoms with van der Waals surface area (Å²) in [6.45, 7) is 8.89. The summed E-state index contributed by atoms with van der Waals surface area (Å²) in [5.41, 5.74) is 0. The summed E-state index contributed by atoms with van der Waals surface area (Å²) >= 11 is 0. The van der Waals surface area contributed by atoms with Gasteiger partial charge in [-0.25, -0.2) is 9.97 Å². The number of nitrogens with zero attached hydrogens (tertiary/aromatic N) is 8. The Morgan fingerprint density at radius 1 is 1.00 bits per heavy atom. The molecule has 0 spiro atoms. The lowest BCUT2D eigenvalue weighted by atomic mass is 9.96. The monoisotopic (exact) mass is 368 g/mol. The fraction of sp³-hybridized carbons (Fsp3) is 0.579. The minimum Gasteiger partial charge on any atom is -0.337 e. The molecule has 0 unspecified atom stereocenters. The molecule has 0 radical (unpaired) electrons. The van der Waals surface area contributed by atoms with Crippen molar-refractivity contribution >= 4 is 0 Å². The molecule has 8 heteroatoms. The molecule has 4 rings (SSSR count). The molecule has 3 aromatic rings. The molecule has 1 aliphatic heterocycles. The van der Waals surface area contributed by atoms with Crippen molar-refractivity contribution in [3.8, 4) is 0 Å². The molecule has 144 valence electrons. The standard InChI is InChI=1S/C19H28N8/c1-4-27-18(14-26-12-8-20-15(26)2)22-23-19(27)16-5-9-25(10-6-16)13-17-21-7-11-24(17)3/h7-8,11-12,16H,4-6,9-10,13-14H2,1-3H3. The molecule has 4 heterocycles. The third-order valence-electron chi connectivity index (χ3n) is 5.65. The molecule has 3 aromatic heterocycles. The van der Waals surface area contributed by atoms with Crippen LogP contribution in [0.15, 0.2) is 24.8 Å². The van der Waals surface area contributed by atoms with Crippen molar-refractivity contribution < 1.29 is 0 Å². The zero-order chi connectivity index (χ0) is 18.8. The molecule has 0 aromatic carbocycles. The van der Waals surface area contributed by atoms with Gasteiger partial charge in [0.1, 0.15) is 17.5 Å². The van der Waals surface area contributed by atoms with E-state index in [4.69, 9.17) is 0 Å². The van der Waals surface area contributed by atoms with Gasteiger partial charge in [0.25, 0.3) is 0 Å². The summed E-state index contributed by atoms with van der Waals surface area (Å²) < 4.78 is 6.51. The summed E-state index contributed by atoms with van der Waals surface area (Å²) in [4.78, 5) is 11.2. The first-order chi connectivity index (χ1) is 13.2. The Kier molecular flexibility index (Phi) is 5.07.